The smallest absolute Gasteiger partial charge is 0.457 e. The van der Waals surface area contributed by atoms with Crippen molar-refractivity contribution in [2.24, 2.45) is 0 Å². The maximum absolute atomic E-state index is 12.4. The summed E-state index contributed by atoms with van der Waals surface area (Å²) >= 11 is 0. The molecule has 0 aliphatic heterocycles. The van der Waals surface area contributed by atoms with E-state index in [9.17, 15) is 29.3 Å². The number of phosphoric acid groups is 1. The average molecular weight is 947 g/mol. The number of hydrogen-bond acceptors (Lipinski definition) is 9. The molecule has 388 valence electrons. The van der Waals surface area contributed by atoms with Crippen molar-refractivity contribution in [3.63, 3.8) is 0 Å². The van der Waals surface area contributed by atoms with Crippen LogP contribution in [0.5, 0.6) is 0 Å². The van der Waals surface area contributed by atoms with Gasteiger partial charge in [-0.05, 0) is 12.8 Å². The second-order valence-electron chi connectivity index (χ2n) is 19.3. The van der Waals surface area contributed by atoms with Crippen LogP contribution >= 0.6 is 7.82 Å². The normalized spacial score (nSPS) is 13.5. The third kappa shape index (κ3) is 49.2. The fourth-order valence-corrected chi connectivity index (χ4v) is 9.32. The van der Waals surface area contributed by atoms with Gasteiger partial charge in [0.15, 0.2) is 0 Å². The van der Waals surface area contributed by atoms with Gasteiger partial charge in [-0.15, -0.1) is 0 Å². The Morgan fingerprint density at radius 2 is 0.538 bits per heavy atom. The molecular weight excluding hydrogens is 840 g/mol. The Morgan fingerprint density at radius 1 is 0.354 bits per heavy atom. The van der Waals surface area contributed by atoms with Gasteiger partial charge in [-0.2, -0.15) is 0 Å². The van der Waals surface area contributed by atoms with Gasteiger partial charge in [0.05, 0.1) is 26.4 Å². The molecule has 0 saturated heterocycles. The highest BCUT2D eigenvalue weighted by atomic mass is 31.2. The van der Waals surface area contributed by atoms with Crippen LogP contribution in [0.2, 0.25) is 0 Å². The fourth-order valence-electron chi connectivity index (χ4n) is 8.53. The fraction of sp³-hybridized carbons (Fsp3) is 0.963. The number of aliphatic hydroxyl groups is 2. The van der Waals surface area contributed by atoms with Crippen LogP contribution in [0.3, 0.4) is 0 Å². The molecule has 0 aromatic carbocycles. The van der Waals surface area contributed by atoms with E-state index in [4.69, 9.17) is 18.5 Å². The maximum atomic E-state index is 12.4. The molecule has 0 bridgehead atoms. The van der Waals surface area contributed by atoms with Crippen LogP contribution in [0.25, 0.3) is 0 Å². The van der Waals surface area contributed by atoms with Crippen LogP contribution in [0, 0.1) is 0 Å². The van der Waals surface area contributed by atoms with E-state index >= 15 is 0 Å². The summed E-state index contributed by atoms with van der Waals surface area (Å²) in [5.74, 6) is -0.997. The van der Waals surface area contributed by atoms with E-state index in [1.165, 1.54) is 218 Å². The monoisotopic (exact) mass is 947 g/mol. The van der Waals surface area contributed by atoms with Gasteiger partial charge in [-0.1, -0.05) is 271 Å². The van der Waals surface area contributed by atoms with Gasteiger partial charge >= 0.3 is 19.8 Å². The van der Waals surface area contributed by atoms with Gasteiger partial charge in [0.1, 0.15) is 12.2 Å². The van der Waals surface area contributed by atoms with Crippen LogP contribution in [-0.4, -0.2) is 65.7 Å². The van der Waals surface area contributed by atoms with Crippen molar-refractivity contribution in [1.82, 2.24) is 0 Å². The molecule has 65 heavy (non-hydrogen) atoms. The second kappa shape index (κ2) is 50.8. The van der Waals surface area contributed by atoms with Crippen molar-refractivity contribution in [2.75, 3.05) is 26.4 Å². The Hall–Kier alpha value is -1.03. The zero-order valence-electron chi connectivity index (χ0n) is 42.7. The maximum Gasteiger partial charge on any atom is 0.472 e. The predicted octanol–water partition coefficient (Wildman–Crippen LogP) is 16.1. The molecule has 0 aliphatic rings. The quantitative estimate of drug-likeness (QED) is 0.0306. The van der Waals surface area contributed by atoms with E-state index in [0.29, 0.717) is 12.8 Å². The molecule has 0 aromatic rings. The Balaban J connectivity index is 3.74. The lowest BCUT2D eigenvalue weighted by molar-refractivity contribution is -0.153. The molecule has 2 unspecified atom stereocenters. The molecule has 0 fully saturated rings. The second-order valence-corrected chi connectivity index (χ2v) is 20.7. The first kappa shape index (κ1) is 64.0. The van der Waals surface area contributed by atoms with Gasteiger partial charge in [0.25, 0.3) is 0 Å². The molecule has 11 heteroatoms. The number of rotatable bonds is 54. The standard InChI is InChI=1S/C54H107O10P/c1-3-5-7-9-11-13-15-17-19-21-23-25-27-29-31-33-35-37-39-41-43-45-53(57)63-51(47-55)49-61-65(59,60)62-50-52(48-56)64-54(58)46-44-42-40-38-36-34-32-30-28-26-24-22-20-18-16-14-12-10-8-6-4-2/h51-52,55-56H,3-50H2,1-2H3,(H,59,60). The largest absolute Gasteiger partial charge is 0.472 e. The first-order valence-corrected chi connectivity index (χ1v) is 29.5. The summed E-state index contributed by atoms with van der Waals surface area (Å²) < 4.78 is 32.8. The summed E-state index contributed by atoms with van der Waals surface area (Å²) in [5, 5.41) is 19.3. The molecule has 3 N–H and O–H groups in total. The molecule has 0 saturated carbocycles. The number of esters is 2. The minimum Gasteiger partial charge on any atom is -0.457 e. The van der Waals surface area contributed by atoms with Gasteiger partial charge in [0.2, 0.25) is 0 Å². The van der Waals surface area contributed by atoms with E-state index < -0.39 is 58.4 Å². The Kier molecular flexibility index (Phi) is 50.0. The highest BCUT2D eigenvalue weighted by Crippen LogP contribution is 2.43. The summed E-state index contributed by atoms with van der Waals surface area (Å²) in [6.07, 6.45) is 52.3. The molecule has 2 atom stereocenters. The number of hydrogen-bond donors (Lipinski definition) is 3. The van der Waals surface area contributed by atoms with E-state index in [-0.39, 0.29) is 12.8 Å². The highest BCUT2D eigenvalue weighted by molar-refractivity contribution is 7.47. The van der Waals surface area contributed by atoms with E-state index in [1.807, 2.05) is 0 Å². The molecule has 0 radical (unpaired) electrons. The number of carbonyl (C=O) groups excluding carboxylic acids is 2. The summed E-state index contributed by atoms with van der Waals surface area (Å²) in [5.41, 5.74) is 0. The molecule has 0 aliphatic carbocycles. The van der Waals surface area contributed by atoms with Gasteiger partial charge in [-0.3, -0.25) is 18.6 Å². The zero-order chi connectivity index (χ0) is 47.6. The van der Waals surface area contributed by atoms with Crippen molar-refractivity contribution in [2.45, 2.75) is 309 Å². The van der Waals surface area contributed by atoms with Crippen LogP contribution in [0.4, 0.5) is 0 Å². The van der Waals surface area contributed by atoms with E-state index in [2.05, 4.69) is 13.8 Å². The Bertz CT molecular complexity index is 969. The van der Waals surface area contributed by atoms with E-state index in [1.54, 1.807) is 0 Å². The average Bonchev–Trinajstić information content (AvgIpc) is 3.30. The lowest BCUT2D eigenvalue weighted by atomic mass is 10.0. The van der Waals surface area contributed by atoms with Gasteiger partial charge in [0, 0.05) is 12.8 Å². The number of ether oxygens (including phenoxy) is 2. The van der Waals surface area contributed by atoms with Gasteiger partial charge in [-0.25, -0.2) is 4.57 Å². The topological polar surface area (TPSA) is 149 Å². The minimum atomic E-state index is -4.64. The first-order chi connectivity index (χ1) is 31.8. The summed E-state index contributed by atoms with van der Waals surface area (Å²) in [6.45, 7) is 2.30. The van der Waals surface area contributed by atoms with Crippen LogP contribution < -0.4 is 0 Å². The Labute approximate surface area is 401 Å². The van der Waals surface area contributed by atoms with Crippen molar-refractivity contribution in [3.05, 3.63) is 0 Å². The number of aliphatic hydroxyl groups excluding tert-OH is 2. The summed E-state index contributed by atoms with van der Waals surface area (Å²) in [7, 11) is -4.64. The number of phosphoric ester groups is 1. The lowest BCUT2D eigenvalue weighted by Crippen LogP contribution is -2.28. The molecule has 0 spiro atoms. The first-order valence-electron chi connectivity index (χ1n) is 28.0. The van der Waals surface area contributed by atoms with Gasteiger partial charge < -0.3 is 24.6 Å². The predicted molar refractivity (Wildman–Crippen MR) is 270 cm³/mol. The van der Waals surface area contributed by atoms with E-state index in [0.717, 1.165) is 38.5 Å². The third-order valence-electron chi connectivity index (χ3n) is 12.8. The Morgan fingerprint density at radius 3 is 0.723 bits per heavy atom. The minimum absolute atomic E-state index is 0.200. The molecule has 0 heterocycles. The summed E-state index contributed by atoms with van der Waals surface area (Å²) in [4.78, 5) is 34.8. The molecular formula is C54H107O10P. The van der Waals surface area contributed by atoms with Crippen molar-refractivity contribution < 1.29 is 47.8 Å². The SMILES string of the molecule is CCCCCCCCCCCCCCCCCCCCCCCC(=O)OC(CO)COP(=O)(O)OCC(CO)OC(=O)CCCCCCCCCCCCCCCCCCCCCCC. The highest BCUT2D eigenvalue weighted by Gasteiger charge is 2.27. The molecule has 0 aromatic heterocycles. The zero-order valence-corrected chi connectivity index (χ0v) is 43.6. The van der Waals surface area contributed by atoms with Crippen LogP contribution in [0.15, 0.2) is 0 Å². The number of unbranched alkanes of at least 4 members (excludes halogenated alkanes) is 40. The van der Waals surface area contributed by atoms with Crippen LogP contribution in [-0.2, 0) is 32.7 Å². The molecule has 0 rings (SSSR count). The summed E-state index contributed by atoms with van der Waals surface area (Å²) in [6, 6.07) is 0. The van der Waals surface area contributed by atoms with Crippen molar-refractivity contribution in [3.8, 4) is 0 Å². The lowest BCUT2D eigenvalue weighted by Gasteiger charge is -2.20. The molecule has 10 nitrogen and oxygen atoms in total. The van der Waals surface area contributed by atoms with Crippen molar-refractivity contribution >= 4 is 19.8 Å². The number of carbonyl (C=O) groups is 2. The van der Waals surface area contributed by atoms with Crippen molar-refractivity contribution in [1.29, 1.82) is 0 Å². The van der Waals surface area contributed by atoms with Crippen LogP contribution in [0.1, 0.15) is 296 Å². The third-order valence-corrected chi connectivity index (χ3v) is 13.8. The molecule has 0 amide bonds.